The number of carbonyl (C=O) groups excluding carboxylic acids is 1. The highest BCUT2D eigenvalue weighted by atomic mass is 19.3. The molecule has 2 saturated heterocycles. The van der Waals surface area contributed by atoms with Crippen LogP contribution in [0, 0.1) is 24.6 Å². The molecule has 1 saturated carbocycles. The number of ether oxygens (including phenoxy) is 3. The van der Waals surface area contributed by atoms with Gasteiger partial charge >= 0.3 is 0 Å². The monoisotopic (exact) mass is 538 g/mol. The van der Waals surface area contributed by atoms with Gasteiger partial charge in [0.15, 0.2) is 6.29 Å². The molecule has 12 heteroatoms. The number of benzene rings is 1. The normalized spacial score (nSPS) is 26.6. The molecule has 3 aliphatic rings. The number of carbonyl (C=O) groups is 1. The van der Waals surface area contributed by atoms with E-state index in [1.165, 1.54) is 19.1 Å². The fourth-order valence-electron chi connectivity index (χ4n) is 5.41. The number of aryl methyl sites for hydroxylation is 1. The molecule has 5 rings (SSSR count). The average molecular weight is 539 g/mol. The van der Waals surface area contributed by atoms with Crippen LogP contribution in [0.15, 0.2) is 18.2 Å². The molecule has 5 atom stereocenters. The molecule has 0 bridgehead atoms. The van der Waals surface area contributed by atoms with Gasteiger partial charge < -0.3 is 24.8 Å². The Morgan fingerprint density at radius 1 is 1.18 bits per heavy atom. The summed E-state index contributed by atoms with van der Waals surface area (Å²) >= 11 is 0. The summed E-state index contributed by atoms with van der Waals surface area (Å²) in [6.45, 7) is 7.02. The highest BCUT2D eigenvalue weighted by molar-refractivity contribution is 5.83. The number of amides is 1. The number of nitrogens with one attached hydrogen (secondary N) is 2. The van der Waals surface area contributed by atoms with Crippen molar-refractivity contribution in [2.24, 2.45) is 11.8 Å². The minimum Gasteiger partial charge on any atom is -0.381 e. The predicted octanol–water partition coefficient (Wildman–Crippen LogP) is 4.42. The van der Waals surface area contributed by atoms with Crippen LogP contribution in [0.2, 0.25) is 0 Å². The highest BCUT2D eigenvalue weighted by Crippen LogP contribution is 2.54. The molecule has 0 radical (unpaired) electrons. The maximum absolute atomic E-state index is 15.8. The van der Waals surface area contributed by atoms with E-state index in [1.54, 1.807) is 6.92 Å². The Bertz CT molecular complexity index is 1220. The Morgan fingerprint density at radius 3 is 2.47 bits per heavy atom. The number of rotatable bonds is 8. The van der Waals surface area contributed by atoms with Crippen LogP contribution in [0.25, 0.3) is 0 Å². The van der Waals surface area contributed by atoms with Crippen molar-refractivity contribution < 1.29 is 36.6 Å². The molecule has 38 heavy (non-hydrogen) atoms. The Balaban J connectivity index is 1.47. The first-order valence-corrected chi connectivity index (χ1v) is 12.5. The second kappa shape index (κ2) is 9.73. The van der Waals surface area contributed by atoms with Gasteiger partial charge in [-0.3, -0.25) is 4.79 Å². The van der Waals surface area contributed by atoms with Crippen LogP contribution in [-0.4, -0.2) is 47.8 Å². The third-order valence-electron chi connectivity index (χ3n) is 7.64. The lowest BCUT2D eigenvalue weighted by Gasteiger charge is -2.25. The van der Waals surface area contributed by atoms with E-state index in [9.17, 15) is 13.6 Å². The Morgan fingerprint density at radius 2 is 1.84 bits per heavy atom. The number of fused-ring (bicyclic) bond motifs is 1. The molecule has 8 nitrogen and oxygen atoms in total. The van der Waals surface area contributed by atoms with Crippen LogP contribution >= 0.6 is 0 Å². The van der Waals surface area contributed by atoms with Gasteiger partial charge in [0.25, 0.3) is 11.8 Å². The molecule has 1 aliphatic carbocycles. The quantitative estimate of drug-likeness (QED) is 0.481. The van der Waals surface area contributed by atoms with E-state index < -0.39 is 47.3 Å². The van der Waals surface area contributed by atoms with Crippen molar-refractivity contribution in [2.75, 3.05) is 31.7 Å². The van der Waals surface area contributed by atoms with E-state index in [0.717, 1.165) is 6.07 Å². The van der Waals surface area contributed by atoms with E-state index in [-0.39, 0.29) is 53.5 Å². The zero-order valence-electron chi connectivity index (χ0n) is 21.5. The molecule has 3 fully saturated rings. The maximum atomic E-state index is 15.8. The smallest absolute Gasteiger partial charge is 0.273 e. The van der Waals surface area contributed by atoms with Crippen molar-refractivity contribution in [1.82, 2.24) is 15.3 Å². The van der Waals surface area contributed by atoms with Gasteiger partial charge in [0.05, 0.1) is 49.3 Å². The van der Waals surface area contributed by atoms with Crippen LogP contribution in [0.4, 0.5) is 23.4 Å². The third kappa shape index (κ3) is 4.73. The largest absolute Gasteiger partial charge is 0.381 e. The predicted molar refractivity (Wildman–Crippen MR) is 128 cm³/mol. The van der Waals surface area contributed by atoms with E-state index >= 15 is 8.78 Å². The molecule has 1 unspecified atom stereocenters. The summed E-state index contributed by atoms with van der Waals surface area (Å²) in [5.74, 6) is -4.84. The molecule has 2 aliphatic heterocycles. The van der Waals surface area contributed by atoms with E-state index in [2.05, 4.69) is 20.6 Å². The van der Waals surface area contributed by atoms with Crippen molar-refractivity contribution in [1.29, 1.82) is 0 Å². The van der Waals surface area contributed by atoms with Gasteiger partial charge in [-0.1, -0.05) is 18.2 Å². The van der Waals surface area contributed by atoms with E-state index in [0.29, 0.717) is 20.1 Å². The number of aromatic nitrogens is 2. The maximum Gasteiger partial charge on any atom is 0.273 e. The minimum absolute atomic E-state index is 0.0361. The van der Waals surface area contributed by atoms with Gasteiger partial charge in [0, 0.05) is 29.9 Å². The van der Waals surface area contributed by atoms with Crippen LogP contribution in [0.3, 0.4) is 0 Å². The Labute approximate surface area is 217 Å². The first-order valence-electron chi connectivity index (χ1n) is 12.5. The number of halogens is 4. The van der Waals surface area contributed by atoms with Crippen LogP contribution in [0.5, 0.6) is 0 Å². The van der Waals surface area contributed by atoms with E-state index in [1.807, 2.05) is 6.92 Å². The lowest BCUT2D eigenvalue weighted by molar-refractivity contribution is -0.127. The summed E-state index contributed by atoms with van der Waals surface area (Å²) in [6.07, 6.45) is -3.25. The zero-order chi connectivity index (χ0) is 27.4. The number of hydrogen-bond acceptors (Lipinski definition) is 7. The molecule has 1 aromatic heterocycles. The lowest BCUT2D eigenvalue weighted by atomic mass is 10.0. The molecule has 3 heterocycles. The fourth-order valence-corrected chi connectivity index (χ4v) is 5.41. The van der Waals surface area contributed by atoms with Crippen molar-refractivity contribution in [3.05, 3.63) is 52.2 Å². The summed E-state index contributed by atoms with van der Waals surface area (Å²) in [4.78, 5) is 21.6. The van der Waals surface area contributed by atoms with Crippen molar-refractivity contribution >= 4 is 11.7 Å². The van der Waals surface area contributed by atoms with Crippen molar-refractivity contribution in [3.63, 3.8) is 0 Å². The molecular formula is C26H30F4N4O4. The average Bonchev–Trinajstić information content (AvgIpc) is 3.33. The summed E-state index contributed by atoms with van der Waals surface area (Å²) in [6, 6.07) is 2.88. The topological polar surface area (TPSA) is 94.6 Å². The van der Waals surface area contributed by atoms with Crippen molar-refractivity contribution in [2.45, 2.75) is 57.7 Å². The number of anilines is 1. The number of nitrogens with zero attached hydrogens (tertiary/aromatic N) is 2. The molecule has 2 N–H and O–H groups in total. The second-order valence-corrected chi connectivity index (χ2v) is 10.3. The molecule has 1 aromatic carbocycles. The van der Waals surface area contributed by atoms with Gasteiger partial charge in [0.1, 0.15) is 17.5 Å². The summed E-state index contributed by atoms with van der Waals surface area (Å²) in [7, 11) is 0. The summed E-state index contributed by atoms with van der Waals surface area (Å²) in [5.41, 5.74) is -1.51. The van der Waals surface area contributed by atoms with Gasteiger partial charge in [-0.15, -0.1) is 0 Å². The second-order valence-electron chi connectivity index (χ2n) is 10.3. The van der Waals surface area contributed by atoms with Crippen LogP contribution < -0.4 is 10.6 Å². The summed E-state index contributed by atoms with van der Waals surface area (Å²) < 4.78 is 75.3. The molecule has 2 aromatic rings. The Kier molecular flexibility index (Phi) is 6.85. The van der Waals surface area contributed by atoms with Gasteiger partial charge in [-0.2, -0.15) is 0 Å². The van der Waals surface area contributed by atoms with Gasteiger partial charge in [-0.05, 0) is 20.8 Å². The summed E-state index contributed by atoms with van der Waals surface area (Å²) in [5, 5.41) is 5.78. The highest BCUT2D eigenvalue weighted by Gasteiger charge is 2.65. The van der Waals surface area contributed by atoms with E-state index in [4.69, 9.17) is 14.2 Å². The fraction of sp³-hybridized carbons (Fsp3) is 0.577. The number of alkyl halides is 3. The SMILES string of the molecule is Cc1nc(N[C@H](C)c2cccc(C(C)(F)F)c2F)c(C2OCCO2)c(C(F)C(=O)N[C@@]2(C)[C@@H]3COC[C@@H]32)n1. The van der Waals surface area contributed by atoms with Gasteiger partial charge in [0.2, 0.25) is 6.17 Å². The van der Waals surface area contributed by atoms with Gasteiger partial charge in [-0.25, -0.2) is 27.5 Å². The standard InChI is InChI=1S/C26H30F4N4O4/c1-12(14-6-5-7-15(19(14)27)26(4,29)30)31-22-18(24-37-8-9-38-24)21(32-13(2)33-22)20(28)23(35)34-25(3)16-10-36-11-17(16)25/h5-7,12,16-17,20,24H,8-11H2,1-4H3,(H,34,35)(H,31,32,33)/t12-,16-,17+,20?,25+/m1/s1. The Hall–Kier alpha value is -2.83. The third-order valence-corrected chi connectivity index (χ3v) is 7.64. The molecule has 0 spiro atoms. The zero-order valence-corrected chi connectivity index (χ0v) is 21.5. The lowest BCUT2D eigenvalue weighted by Crippen LogP contribution is -2.41. The molecular weight excluding hydrogens is 508 g/mol. The molecule has 206 valence electrons. The first-order chi connectivity index (χ1) is 17.9. The van der Waals surface area contributed by atoms with Crippen LogP contribution in [-0.2, 0) is 24.9 Å². The van der Waals surface area contributed by atoms with Crippen molar-refractivity contribution in [3.8, 4) is 0 Å². The van der Waals surface area contributed by atoms with Crippen LogP contribution in [0.1, 0.15) is 67.5 Å². The minimum atomic E-state index is -3.38. The molecule has 1 amide bonds. The first kappa shape index (κ1) is 26.8. The number of hydrogen-bond donors (Lipinski definition) is 2.